The first-order chi connectivity index (χ1) is 18.2. The second kappa shape index (κ2) is 10.1. The van der Waals surface area contributed by atoms with Gasteiger partial charge in [-0.05, 0) is 36.3 Å². The van der Waals surface area contributed by atoms with E-state index in [2.05, 4.69) is 26.6 Å². The molecule has 3 atom stereocenters. The summed E-state index contributed by atoms with van der Waals surface area (Å²) in [6, 6.07) is 11.3. The molecule has 0 spiro atoms. The zero-order valence-corrected chi connectivity index (χ0v) is 22.2. The predicted molar refractivity (Wildman–Crippen MR) is 141 cm³/mol. The van der Waals surface area contributed by atoms with Crippen molar-refractivity contribution in [2.45, 2.75) is 30.9 Å². The Labute approximate surface area is 228 Å². The highest BCUT2D eigenvalue weighted by Crippen LogP contribution is 2.40. The number of oxazole rings is 1. The number of hydrogen-bond donors (Lipinski definition) is 3. The van der Waals surface area contributed by atoms with E-state index in [9.17, 15) is 29.1 Å². The Bertz CT molecular complexity index is 1560. The van der Waals surface area contributed by atoms with E-state index in [0.29, 0.717) is 32.5 Å². The first kappa shape index (κ1) is 25.8. The summed E-state index contributed by atoms with van der Waals surface area (Å²) >= 11 is 4.66. The van der Waals surface area contributed by atoms with Crippen LogP contribution in [-0.2, 0) is 25.7 Å². The van der Waals surface area contributed by atoms with E-state index in [1.54, 1.807) is 55.5 Å². The van der Waals surface area contributed by atoms with Crippen LogP contribution in [0, 0.1) is 0 Å². The summed E-state index contributed by atoms with van der Waals surface area (Å²) in [5, 5.41) is 14.3. The molecule has 2 aliphatic heterocycles. The molecule has 38 heavy (non-hydrogen) atoms. The van der Waals surface area contributed by atoms with Gasteiger partial charge in [0.25, 0.3) is 5.91 Å². The number of aliphatic carboxylic acids is 1. The van der Waals surface area contributed by atoms with E-state index in [-0.39, 0.29) is 5.70 Å². The number of fused-ring (bicyclic) bond motifs is 2. The fourth-order valence-corrected chi connectivity index (χ4v) is 6.13. The minimum Gasteiger partial charge on any atom is -0.477 e. The van der Waals surface area contributed by atoms with Gasteiger partial charge in [-0.1, -0.05) is 46.3 Å². The highest BCUT2D eigenvalue weighted by molar-refractivity contribution is 9.10. The molecule has 5 rings (SSSR count). The Morgan fingerprint density at radius 2 is 1.92 bits per heavy atom. The lowest BCUT2D eigenvalue weighted by atomic mass is 10.0. The number of nitrogens with one attached hydrogen (secondary N) is 2. The Hall–Kier alpha value is -3.84. The van der Waals surface area contributed by atoms with Crippen LogP contribution in [0.3, 0.4) is 0 Å². The van der Waals surface area contributed by atoms with Crippen LogP contribution >= 0.6 is 27.7 Å². The summed E-state index contributed by atoms with van der Waals surface area (Å²) in [7, 11) is 0. The molecule has 0 aliphatic carbocycles. The van der Waals surface area contributed by atoms with E-state index in [4.69, 9.17) is 4.42 Å². The van der Waals surface area contributed by atoms with Gasteiger partial charge < -0.3 is 20.2 Å². The molecule has 3 N–H and O–H groups in total. The number of hydrogen-bond acceptors (Lipinski definition) is 7. The van der Waals surface area contributed by atoms with Crippen LogP contribution in [0.4, 0.5) is 0 Å². The average molecular weight is 601 g/mol. The lowest BCUT2D eigenvalue weighted by Gasteiger charge is -2.49. The van der Waals surface area contributed by atoms with Crippen molar-refractivity contribution < 1.29 is 28.7 Å². The summed E-state index contributed by atoms with van der Waals surface area (Å²) < 4.78 is 7.08. The molecule has 2 aromatic carbocycles. The molecule has 2 unspecified atom stereocenters. The summed E-state index contributed by atoms with van der Waals surface area (Å²) in [4.78, 5) is 64.4. The summed E-state index contributed by atoms with van der Waals surface area (Å²) in [5.74, 6) is -3.31. The van der Waals surface area contributed by atoms with Crippen molar-refractivity contribution in [3.63, 3.8) is 0 Å². The van der Waals surface area contributed by atoms with Gasteiger partial charge in [0.15, 0.2) is 5.58 Å². The minimum absolute atomic E-state index is 0.0676. The number of carbonyl (C=O) groups is 4. The van der Waals surface area contributed by atoms with Crippen molar-refractivity contribution in [2.75, 3.05) is 5.75 Å². The molecule has 1 aromatic heterocycles. The maximum absolute atomic E-state index is 13.4. The topological polar surface area (TPSA) is 151 Å². The van der Waals surface area contributed by atoms with Crippen molar-refractivity contribution in [1.82, 2.24) is 20.1 Å². The molecule has 0 bridgehead atoms. The molecular weight excluding hydrogens is 580 g/mol. The third-order valence-corrected chi connectivity index (χ3v) is 8.21. The minimum atomic E-state index is -1.20. The van der Waals surface area contributed by atoms with Crippen LogP contribution in [0.15, 0.2) is 73.5 Å². The number of rotatable bonds is 7. The van der Waals surface area contributed by atoms with Gasteiger partial charge in [0.2, 0.25) is 11.8 Å². The second-order valence-corrected chi connectivity index (χ2v) is 10.8. The van der Waals surface area contributed by atoms with E-state index < -0.39 is 53.4 Å². The number of β-lactam (4-membered cyclic amide) rings is 1. The molecule has 0 radical (unpaired) electrons. The van der Waals surface area contributed by atoms with Gasteiger partial charge in [0, 0.05) is 10.2 Å². The van der Waals surface area contributed by atoms with Crippen molar-refractivity contribution in [3.8, 4) is 0 Å². The Kier molecular flexibility index (Phi) is 6.88. The number of carboxylic acid groups (broad SMARTS) is 1. The molecule has 1 saturated heterocycles. The number of nitrogens with zero attached hydrogens (tertiary/aromatic N) is 2. The number of carboxylic acids is 1. The number of halogens is 1. The lowest BCUT2D eigenvalue weighted by Crippen LogP contribution is -2.71. The number of benzene rings is 2. The summed E-state index contributed by atoms with van der Waals surface area (Å²) in [6.45, 7) is 1.25. The van der Waals surface area contributed by atoms with Gasteiger partial charge in [-0.15, -0.1) is 11.8 Å². The maximum atomic E-state index is 13.4. The fourth-order valence-electron chi connectivity index (χ4n) is 4.50. The average Bonchev–Trinajstić information content (AvgIpc) is 3.19. The van der Waals surface area contributed by atoms with Crippen LogP contribution in [0.25, 0.3) is 11.1 Å². The SMILES string of the molecule is CC1=C(C(=O)O)N2C(=O)C(NC(=O)C(NC(=O)Cn3c(=O)oc4cc(Br)ccc43)c3ccccc3)[C@H]2SC1. The van der Waals surface area contributed by atoms with Crippen LogP contribution in [0.2, 0.25) is 0 Å². The van der Waals surface area contributed by atoms with Crippen LogP contribution < -0.4 is 16.4 Å². The van der Waals surface area contributed by atoms with Crippen LogP contribution in [0.1, 0.15) is 18.5 Å². The number of carbonyl (C=O) groups excluding carboxylic acids is 3. The van der Waals surface area contributed by atoms with E-state index in [1.807, 2.05) is 0 Å². The molecule has 13 heteroatoms. The van der Waals surface area contributed by atoms with E-state index >= 15 is 0 Å². The fraction of sp³-hybridized carbons (Fsp3) is 0.240. The third-order valence-electron chi connectivity index (χ3n) is 6.29. The standard InChI is InChI=1S/C25H21BrN4O7S/c1-12-11-38-23-19(22(33)30(23)20(12)24(34)35)28-21(32)18(13-5-3-2-4-6-13)27-17(31)10-29-15-8-7-14(26)9-16(15)37-25(29)36/h2-9,18-19,23H,10-11H2,1H3,(H,27,31)(H,28,32)(H,34,35)/t18?,19?,23-/m1/s1. The summed E-state index contributed by atoms with van der Waals surface area (Å²) in [6.07, 6.45) is 0. The van der Waals surface area contributed by atoms with E-state index in [0.717, 1.165) is 4.57 Å². The zero-order valence-electron chi connectivity index (χ0n) is 19.8. The Balaban J connectivity index is 1.35. The zero-order chi connectivity index (χ0) is 27.1. The molecule has 3 heterocycles. The van der Waals surface area contributed by atoms with Gasteiger partial charge >= 0.3 is 11.7 Å². The quantitative estimate of drug-likeness (QED) is 0.348. The normalized spacial score (nSPS) is 19.5. The molecule has 0 saturated carbocycles. The maximum Gasteiger partial charge on any atom is 0.420 e. The molecule has 11 nitrogen and oxygen atoms in total. The van der Waals surface area contributed by atoms with Gasteiger partial charge in [-0.2, -0.15) is 0 Å². The predicted octanol–water partition coefficient (Wildman–Crippen LogP) is 1.97. The van der Waals surface area contributed by atoms with Crippen molar-refractivity contribution >= 4 is 62.5 Å². The highest BCUT2D eigenvalue weighted by Gasteiger charge is 2.54. The Morgan fingerprint density at radius 3 is 2.63 bits per heavy atom. The van der Waals surface area contributed by atoms with Gasteiger partial charge in [0.1, 0.15) is 29.7 Å². The molecular formula is C25H21BrN4O7S. The van der Waals surface area contributed by atoms with Gasteiger partial charge in [-0.25, -0.2) is 9.59 Å². The van der Waals surface area contributed by atoms with Crippen LogP contribution in [-0.4, -0.2) is 55.4 Å². The van der Waals surface area contributed by atoms with Gasteiger partial charge in [0.05, 0.1) is 5.52 Å². The van der Waals surface area contributed by atoms with Crippen molar-refractivity contribution in [2.24, 2.45) is 0 Å². The highest BCUT2D eigenvalue weighted by atomic mass is 79.9. The van der Waals surface area contributed by atoms with Gasteiger partial charge in [-0.3, -0.25) is 23.9 Å². The second-order valence-electron chi connectivity index (χ2n) is 8.81. The molecule has 196 valence electrons. The monoisotopic (exact) mass is 600 g/mol. The molecule has 1 fully saturated rings. The largest absolute Gasteiger partial charge is 0.477 e. The summed E-state index contributed by atoms with van der Waals surface area (Å²) in [5.41, 5.74) is 1.69. The third kappa shape index (κ3) is 4.63. The van der Waals surface area contributed by atoms with Crippen LogP contribution in [0.5, 0.6) is 0 Å². The number of aromatic nitrogens is 1. The van der Waals surface area contributed by atoms with E-state index in [1.165, 1.54) is 16.7 Å². The number of amides is 3. The van der Waals surface area contributed by atoms with Crippen molar-refractivity contribution in [3.05, 3.63) is 80.4 Å². The Morgan fingerprint density at radius 1 is 1.18 bits per heavy atom. The number of thioether (sulfide) groups is 1. The molecule has 2 aliphatic rings. The first-order valence-corrected chi connectivity index (χ1v) is 13.3. The molecule has 3 aromatic rings. The van der Waals surface area contributed by atoms with Crippen molar-refractivity contribution in [1.29, 1.82) is 0 Å². The lowest BCUT2D eigenvalue weighted by molar-refractivity contribution is -0.151. The molecule has 3 amide bonds. The smallest absolute Gasteiger partial charge is 0.420 e. The first-order valence-electron chi connectivity index (χ1n) is 11.5.